The number of anilines is 2. The smallest absolute Gasteiger partial charge is 0.310 e. The summed E-state index contributed by atoms with van der Waals surface area (Å²) in [5.74, 6) is 0.719. The second-order valence-electron chi connectivity index (χ2n) is 4.92. The van der Waals surface area contributed by atoms with Crippen LogP contribution in [0.4, 0.5) is 17.2 Å². The molecular weight excluding hydrogens is 276 g/mol. The quantitative estimate of drug-likeness (QED) is 0.624. The molecular formula is C13H20N4O4. The number of nitrogens with one attached hydrogen (secondary N) is 1. The topological polar surface area (TPSA) is 89.8 Å². The summed E-state index contributed by atoms with van der Waals surface area (Å²) in [6, 6.07) is 1.68. The summed E-state index contributed by atoms with van der Waals surface area (Å²) < 4.78 is 10.3. The SMILES string of the molecule is COCC(C)Nc1cc(N2CCOCC2)ncc1[N+](=O)[O-]. The molecule has 0 radical (unpaired) electrons. The highest BCUT2D eigenvalue weighted by atomic mass is 16.6. The fourth-order valence-electron chi connectivity index (χ4n) is 2.22. The maximum Gasteiger partial charge on any atom is 0.310 e. The van der Waals surface area contributed by atoms with Crippen molar-refractivity contribution in [2.45, 2.75) is 13.0 Å². The minimum Gasteiger partial charge on any atom is -0.383 e. The monoisotopic (exact) mass is 296 g/mol. The number of methoxy groups -OCH3 is 1. The van der Waals surface area contributed by atoms with Crippen molar-refractivity contribution in [3.63, 3.8) is 0 Å². The molecule has 116 valence electrons. The van der Waals surface area contributed by atoms with Gasteiger partial charge in [-0.05, 0) is 6.92 Å². The van der Waals surface area contributed by atoms with E-state index in [4.69, 9.17) is 9.47 Å². The number of nitrogens with zero attached hydrogens (tertiary/aromatic N) is 3. The van der Waals surface area contributed by atoms with E-state index in [0.29, 0.717) is 25.5 Å². The van der Waals surface area contributed by atoms with Crippen molar-refractivity contribution in [1.29, 1.82) is 0 Å². The van der Waals surface area contributed by atoms with Crippen LogP contribution in [-0.2, 0) is 9.47 Å². The highest BCUT2D eigenvalue weighted by molar-refractivity contribution is 5.66. The molecule has 1 atom stereocenters. The molecule has 0 bridgehead atoms. The van der Waals surface area contributed by atoms with Crippen molar-refractivity contribution in [3.8, 4) is 0 Å². The van der Waals surface area contributed by atoms with Crippen LogP contribution in [0.15, 0.2) is 12.3 Å². The lowest BCUT2D eigenvalue weighted by Gasteiger charge is -2.28. The van der Waals surface area contributed by atoms with Crippen molar-refractivity contribution in [2.24, 2.45) is 0 Å². The molecule has 1 saturated heterocycles. The summed E-state index contributed by atoms with van der Waals surface area (Å²) in [6.07, 6.45) is 1.30. The Labute approximate surface area is 123 Å². The van der Waals surface area contributed by atoms with E-state index in [-0.39, 0.29) is 11.7 Å². The Kier molecular flexibility index (Phi) is 5.29. The Morgan fingerprint density at radius 1 is 1.57 bits per heavy atom. The van der Waals surface area contributed by atoms with Gasteiger partial charge in [-0.2, -0.15) is 0 Å². The zero-order valence-electron chi connectivity index (χ0n) is 12.2. The number of aromatic nitrogens is 1. The average Bonchev–Trinajstić information content (AvgIpc) is 2.48. The maximum absolute atomic E-state index is 11.1. The lowest BCUT2D eigenvalue weighted by molar-refractivity contribution is -0.384. The molecule has 1 aromatic rings. The molecule has 2 rings (SSSR count). The van der Waals surface area contributed by atoms with Crippen LogP contribution < -0.4 is 10.2 Å². The van der Waals surface area contributed by atoms with Gasteiger partial charge in [0.2, 0.25) is 0 Å². The molecule has 8 heteroatoms. The number of ether oxygens (including phenoxy) is 2. The molecule has 1 aromatic heterocycles. The number of pyridine rings is 1. The molecule has 1 N–H and O–H groups in total. The Hall–Kier alpha value is -1.93. The summed E-state index contributed by atoms with van der Waals surface area (Å²) in [5.41, 5.74) is 0.427. The Morgan fingerprint density at radius 2 is 2.29 bits per heavy atom. The van der Waals surface area contributed by atoms with Crippen LogP contribution in [0.1, 0.15) is 6.92 Å². The largest absolute Gasteiger partial charge is 0.383 e. The van der Waals surface area contributed by atoms with Crippen molar-refractivity contribution in [3.05, 3.63) is 22.4 Å². The molecule has 0 amide bonds. The zero-order chi connectivity index (χ0) is 15.2. The first kappa shape index (κ1) is 15.5. The zero-order valence-corrected chi connectivity index (χ0v) is 12.2. The molecule has 1 fully saturated rings. The van der Waals surface area contributed by atoms with Gasteiger partial charge in [-0.3, -0.25) is 10.1 Å². The van der Waals surface area contributed by atoms with Crippen molar-refractivity contribution < 1.29 is 14.4 Å². The van der Waals surface area contributed by atoms with E-state index in [9.17, 15) is 10.1 Å². The number of rotatable bonds is 6. The van der Waals surface area contributed by atoms with Crippen LogP contribution in [0.2, 0.25) is 0 Å². The molecule has 1 unspecified atom stereocenters. The molecule has 21 heavy (non-hydrogen) atoms. The second-order valence-corrected chi connectivity index (χ2v) is 4.92. The predicted octanol–water partition coefficient (Wildman–Crippen LogP) is 1.27. The summed E-state index contributed by atoms with van der Waals surface area (Å²) >= 11 is 0. The van der Waals surface area contributed by atoms with Gasteiger partial charge in [0, 0.05) is 32.3 Å². The highest BCUT2D eigenvalue weighted by Gasteiger charge is 2.20. The van der Waals surface area contributed by atoms with E-state index >= 15 is 0 Å². The Balaban J connectivity index is 2.22. The number of hydrogen-bond acceptors (Lipinski definition) is 7. The van der Waals surface area contributed by atoms with Crippen LogP contribution >= 0.6 is 0 Å². The summed E-state index contributed by atoms with van der Waals surface area (Å²) in [4.78, 5) is 16.9. The van der Waals surface area contributed by atoms with Crippen LogP contribution in [0, 0.1) is 10.1 Å². The fourth-order valence-corrected chi connectivity index (χ4v) is 2.22. The highest BCUT2D eigenvalue weighted by Crippen LogP contribution is 2.28. The fraction of sp³-hybridized carbons (Fsp3) is 0.615. The van der Waals surface area contributed by atoms with Crippen LogP contribution in [0.3, 0.4) is 0 Å². The van der Waals surface area contributed by atoms with E-state index in [2.05, 4.69) is 15.2 Å². The second kappa shape index (κ2) is 7.19. The predicted molar refractivity (Wildman–Crippen MR) is 78.9 cm³/mol. The maximum atomic E-state index is 11.1. The Morgan fingerprint density at radius 3 is 2.90 bits per heavy atom. The standard InChI is InChI=1S/C13H20N4O4/c1-10(9-20-2)15-11-7-13(14-8-12(11)17(18)19)16-3-5-21-6-4-16/h7-8,10H,3-6,9H2,1-2H3,(H,14,15). The lowest BCUT2D eigenvalue weighted by Crippen LogP contribution is -2.36. The van der Waals surface area contributed by atoms with Crippen LogP contribution in [-0.4, -0.2) is 56.0 Å². The van der Waals surface area contributed by atoms with Gasteiger partial charge in [0.25, 0.3) is 0 Å². The van der Waals surface area contributed by atoms with E-state index in [1.165, 1.54) is 6.20 Å². The Bertz CT molecular complexity index is 491. The van der Waals surface area contributed by atoms with Gasteiger partial charge >= 0.3 is 5.69 Å². The number of morpholine rings is 1. The third-order valence-corrected chi connectivity index (χ3v) is 3.22. The molecule has 1 aliphatic heterocycles. The molecule has 2 heterocycles. The number of hydrogen-bond donors (Lipinski definition) is 1. The van der Waals surface area contributed by atoms with Crippen molar-refractivity contribution in [1.82, 2.24) is 4.98 Å². The molecule has 0 aliphatic carbocycles. The van der Waals surface area contributed by atoms with Crippen molar-refractivity contribution >= 4 is 17.2 Å². The van der Waals surface area contributed by atoms with Gasteiger partial charge in [0.05, 0.1) is 24.7 Å². The van der Waals surface area contributed by atoms with Crippen molar-refractivity contribution in [2.75, 3.05) is 50.2 Å². The first-order valence-corrected chi connectivity index (χ1v) is 6.84. The van der Waals surface area contributed by atoms with Gasteiger partial charge < -0.3 is 19.7 Å². The average molecular weight is 296 g/mol. The van der Waals surface area contributed by atoms with E-state index in [0.717, 1.165) is 18.9 Å². The minimum absolute atomic E-state index is 0.0324. The third kappa shape index (κ3) is 4.02. The van der Waals surface area contributed by atoms with E-state index < -0.39 is 4.92 Å². The normalized spacial score (nSPS) is 16.6. The van der Waals surface area contributed by atoms with Crippen LogP contribution in [0.25, 0.3) is 0 Å². The third-order valence-electron chi connectivity index (χ3n) is 3.22. The first-order valence-electron chi connectivity index (χ1n) is 6.84. The summed E-state index contributed by atoms with van der Waals surface area (Å²) in [7, 11) is 1.60. The lowest BCUT2D eigenvalue weighted by atomic mass is 10.2. The van der Waals surface area contributed by atoms with Crippen LogP contribution in [0.5, 0.6) is 0 Å². The van der Waals surface area contributed by atoms with Gasteiger partial charge in [-0.1, -0.05) is 0 Å². The molecule has 8 nitrogen and oxygen atoms in total. The molecule has 0 aromatic carbocycles. The van der Waals surface area contributed by atoms with Gasteiger partial charge in [-0.15, -0.1) is 0 Å². The first-order chi connectivity index (χ1) is 10.1. The molecule has 0 spiro atoms. The van der Waals surface area contributed by atoms with Gasteiger partial charge in [0.15, 0.2) is 0 Å². The summed E-state index contributed by atoms with van der Waals surface area (Å²) in [5, 5.41) is 14.2. The molecule has 1 aliphatic rings. The number of nitro groups is 1. The minimum atomic E-state index is -0.433. The van der Waals surface area contributed by atoms with Gasteiger partial charge in [-0.25, -0.2) is 4.98 Å². The molecule has 0 saturated carbocycles. The van der Waals surface area contributed by atoms with E-state index in [1.54, 1.807) is 13.2 Å². The van der Waals surface area contributed by atoms with Gasteiger partial charge in [0.1, 0.15) is 17.7 Å². The van der Waals surface area contributed by atoms with E-state index in [1.807, 2.05) is 6.92 Å². The summed E-state index contributed by atoms with van der Waals surface area (Å²) in [6.45, 7) is 5.12.